The van der Waals surface area contributed by atoms with Gasteiger partial charge in [-0.15, -0.1) is 5.10 Å². The standard InChI is InChI=1S/C16H19N5O5S/c1-2-25-7-8-26-15(24)11-3-5-12(6-4-11)19-13(22)10-27-16-20-18-9-14(23)21(16)17/h3-6,9H,2,7-8,10,17H2,1H3,(H,19,22). The molecule has 0 spiro atoms. The van der Waals surface area contributed by atoms with Crippen LogP contribution in [0.3, 0.4) is 0 Å². The molecule has 1 aromatic carbocycles. The van der Waals surface area contributed by atoms with Crippen molar-refractivity contribution < 1.29 is 19.1 Å². The number of nitrogens with one attached hydrogen (secondary N) is 1. The smallest absolute Gasteiger partial charge is 0.338 e. The molecule has 1 aromatic heterocycles. The van der Waals surface area contributed by atoms with E-state index in [0.717, 1.165) is 22.6 Å². The molecule has 0 saturated carbocycles. The molecule has 27 heavy (non-hydrogen) atoms. The van der Waals surface area contributed by atoms with Crippen LogP contribution in [0.4, 0.5) is 5.69 Å². The van der Waals surface area contributed by atoms with Crippen LogP contribution in [0.15, 0.2) is 40.4 Å². The van der Waals surface area contributed by atoms with Crippen molar-refractivity contribution in [3.05, 3.63) is 46.4 Å². The molecule has 0 atom stereocenters. The first-order valence-electron chi connectivity index (χ1n) is 7.98. The lowest BCUT2D eigenvalue weighted by molar-refractivity contribution is -0.113. The molecule has 144 valence electrons. The molecule has 0 aliphatic carbocycles. The number of rotatable bonds is 9. The number of hydrogen-bond donors (Lipinski definition) is 2. The van der Waals surface area contributed by atoms with Gasteiger partial charge in [-0.1, -0.05) is 11.8 Å². The summed E-state index contributed by atoms with van der Waals surface area (Å²) in [6, 6.07) is 6.27. The predicted octanol–water partition coefficient (Wildman–Crippen LogP) is 0.276. The third kappa shape index (κ3) is 6.38. The molecule has 10 nitrogen and oxygen atoms in total. The Morgan fingerprint density at radius 2 is 2.00 bits per heavy atom. The van der Waals surface area contributed by atoms with Crippen LogP contribution >= 0.6 is 11.8 Å². The number of benzene rings is 1. The van der Waals surface area contributed by atoms with Crippen molar-refractivity contribution in [2.45, 2.75) is 12.1 Å². The second-order valence-corrected chi connectivity index (χ2v) is 6.02. The van der Waals surface area contributed by atoms with Gasteiger partial charge in [0.2, 0.25) is 11.1 Å². The van der Waals surface area contributed by atoms with E-state index in [0.29, 0.717) is 24.5 Å². The average molecular weight is 393 g/mol. The summed E-state index contributed by atoms with van der Waals surface area (Å²) >= 11 is 0.976. The van der Waals surface area contributed by atoms with E-state index >= 15 is 0 Å². The third-order valence-corrected chi connectivity index (χ3v) is 4.10. The van der Waals surface area contributed by atoms with Crippen LogP contribution in [0.25, 0.3) is 0 Å². The molecule has 1 heterocycles. The average Bonchev–Trinajstić information content (AvgIpc) is 2.67. The molecule has 0 aliphatic rings. The first-order valence-corrected chi connectivity index (χ1v) is 8.97. The summed E-state index contributed by atoms with van der Waals surface area (Å²) in [6.07, 6.45) is 0.980. The van der Waals surface area contributed by atoms with Crippen LogP contribution < -0.4 is 16.7 Å². The number of carbonyl (C=O) groups is 2. The van der Waals surface area contributed by atoms with Crippen LogP contribution in [0, 0.1) is 0 Å². The summed E-state index contributed by atoms with van der Waals surface area (Å²) < 4.78 is 11.0. The minimum absolute atomic E-state index is 0.0173. The first-order chi connectivity index (χ1) is 13.0. The Morgan fingerprint density at radius 1 is 1.26 bits per heavy atom. The van der Waals surface area contributed by atoms with Crippen molar-refractivity contribution in [1.29, 1.82) is 0 Å². The van der Waals surface area contributed by atoms with E-state index in [9.17, 15) is 14.4 Å². The van der Waals surface area contributed by atoms with Crippen molar-refractivity contribution in [1.82, 2.24) is 14.9 Å². The van der Waals surface area contributed by atoms with Gasteiger partial charge in [0, 0.05) is 12.3 Å². The van der Waals surface area contributed by atoms with Gasteiger partial charge in [-0.2, -0.15) is 9.77 Å². The number of esters is 1. The van der Waals surface area contributed by atoms with E-state index < -0.39 is 11.5 Å². The van der Waals surface area contributed by atoms with Gasteiger partial charge in [-0.3, -0.25) is 9.59 Å². The molecule has 2 rings (SSSR count). The summed E-state index contributed by atoms with van der Waals surface area (Å²) in [5, 5.41) is 9.98. The van der Waals surface area contributed by atoms with Crippen molar-refractivity contribution >= 4 is 29.3 Å². The van der Waals surface area contributed by atoms with Gasteiger partial charge in [0.1, 0.15) is 12.8 Å². The maximum atomic E-state index is 12.0. The highest BCUT2D eigenvalue weighted by Gasteiger charge is 2.10. The summed E-state index contributed by atoms with van der Waals surface area (Å²) in [5.41, 5.74) is 0.359. The molecule has 0 aliphatic heterocycles. The Kier molecular flexibility index (Phi) is 7.77. The molecule has 1 amide bonds. The second-order valence-electron chi connectivity index (χ2n) is 5.08. The maximum Gasteiger partial charge on any atom is 0.338 e. The van der Waals surface area contributed by atoms with Crippen molar-refractivity contribution in [2.75, 3.05) is 36.7 Å². The van der Waals surface area contributed by atoms with Crippen LogP contribution in [0.1, 0.15) is 17.3 Å². The predicted molar refractivity (Wildman–Crippen MR) is 99.0 cm³/mol. The van der Waals surface area contributed by atoms with Crippen molar-refractivity contribution in [3.63, 3.8) is 0 Å². The van der Waals surface area contributed by atoms with Gasteiger partial charge in [0.05, 0.1) is 17.9 Å². The zero-order chi connectivity index (χ0) is 19.6. The molecule has 0 unspecified atom stereocenters. The van der Waals surface area contributed by atoms with Gasteiger partial charge < -0.3 is 20.6 Å². The van der Waals surface area contributed by atoms with Crippen molar-refractivity contribution in [3.8, 4) is 0 Å². The van der Waals surface area contributed by atoms with Gasteiger partial charge in [-0.25, -0.2) is 4.79 Å². The van der Waals surface area contributed by atoms with Crippen LogP contribution in [0.2, 0.25) is 0 Å². The molecule has 11 heteroatoms. The highest BCUT2D eigenvalue weighted by atomic mass is 32.2. The first kappa shape index (κ1) is 20.4. The Morgan fingerprint density at radius 3 is 2.70 bits per heavy atom. The number of nitrogens with zero attached hydrogens (tertiary/aromatic N) is 3. The summed E-state index contributed by atoms with van der Waals surface area (Å²) in [6.45, 7) is 2.94. The Labute approximate surface area is 159 Å². The Hall–Kier alpha value is -2.92. The number of thioether (sulfide) groups is 1. The third-order valence-electron chi connectivity index (χ3n) is 3.16. The molecule has 0 saturated heterocycles. The molecule has 0 bridgehead atoms. The summed E-state index contributed by atoms with van der Waals surface area (Å²) in [7, 11) is 0. The fourth-order valence-electron chi connectivity index (χ4n) is 1.87. The molecular formula is C16H19N5O5S. The number of anilines is 1. The Bertz CT molecular complexity index is 840. The van der Waals surface area contributed by atoms with Crippen LogP contribution in [-0.2, 0) is 14.3 Å². The normalized spacial score (nSPS) is 10.4. The van der Waals surface area contributed by atoms with Crippen LogP contribution in [0.5, 0.6) is 0 Å². The number of hydrogen-bond acceptors (Lipinski definition) is 9. The second kappa shape index (κ2) is 10.3. The van der Waals surface area contributed by atoms with Crippen LogP contribution in [-0.4, -0.2) is 52.3 Å². The minimum atomic E-state index is -0.517. The van der Waals surface area contributed by atoms with Gasteiger partial charge in [0.15, 0.2) is 0 Å². The number of ether oxygens (including phenoxy) is 2. The molecule has 2 aromatic rings. The van der Waals surface area contributed by atoms with E-state index in [4.69, 9.17) is 15.3 Å². The quantitative estimate of drug-likeness (QED) is 0.266. The van der Waals surface area contributed by atoms with E-state index in [1.807, 2.05) is 6.92 Å². The van der Waals surface area contributed by atoms with E-state index in [1.165, 1.54) is 0 Å². The monoisotopic (exact) mass is 393 g/mol. The van der Waals surface area contributed by atoms with E-state index in [-0.39, 0.29) is 23.4 Å². The lowest BCUT2D eigenvalue weighted by Gasteiger charge is -2.08. The number of nitrogen functional groups attached to an aromatic ring is 1. The van der Waals surface area contributed by atoms with Gasteiger partial charge in [-0.05, 0) is 31.2 Å². The molecule has 0 fully saturated rings. The van der Waals surface area contributed by atoms with Crippen molar-refractivity contribution in [2.24, 2.45) is 0 Å². The number of carbonyl (C=O) groups excluding carboxylic acids is 2. The lowest BCUT2D eigenvalue weighted by Crippen LogP contribution is -2.30. The Balaban J connectivity index is 1.83. The zero-order valence-electron chi connectivity index (χ0n) is 14.6. The highest BCUT2D eigenvalue weighted by Crippen LogP contribution is 2.14. The molecule has 0 radical (unpaired) electrons. The van der Waals surface area contributed by atoms with Gasteiger partial charge in [0.25, 0.3) is 5.56 Å². The maximum absolute atomic E-state index is 12.0. The summed E-state index contributed by atoms with van der Waals surface area (Å²) in [5.74, 6) is 4.70. The number of amides is 1. The van der Waals surface area contributed by atoms with E-state index in [1.54, 1.807) is 24.3 Å². The lowest BCUT2D eigenvalue weighted by atomic mass is 10.2. The highest BCUT2D eigenvalue weighted by molar-refractivity contribution is 7.99. The number of nitrogens with two attached hydrogens (primary N) is 1. The summed E-state index contributed by atoms with van der Waals surface area (Å²) in [4.78, 5) is 35.2. The SMILES string of the molecule is CCOCCOC(=O)c1ccc(NC(=O)CSc2nncc(=O)n2N)cc1. The fraction of sp³-hybridized carbons (Fsp3) is 0.312. The minimum Gasteiger partial charge on any atom is -0.460 e. The topological polar surface area (TPSA) is 138 Å². The largest absolute Gasteiger partial charge is 0.460 e. The molecule has 3 N–H and O–H groups in total. The van der Waals surface area contributed by atoms with Gasteiger partial charge >= 0.3 is 5.97 Å². The molecular weight excluding hydrogens is 374 g/mol. The zero-order valence-corrected chi connectivity index (χ0v) is 15.4. The fourth-order valence-corrected chi connectivity index (χ4v) is 2.53. The van der Waals surface area contributed by atoms with E-state index in [2.05, 4.69) is 15.5 Å². The number of aromatic nitrogens is 3.